The normalized spacial score (nSPS) is 20.6. The van der Waals surface area contributed by atoms with Gasteiger partial charge in [0, 0.05) is 24.2 Å². The lowest BCUT2D eigenvalue weighted by atomic mass is 10.0. The van der Waals surface area contributed by atoms with Gasteiger partial charge in [-0.2, -0.15) is 5.10 Å². The molecular weight excluding hydrogens is 214 g/mol. The Labute approximate surface area is 100 Å². The lowest BCUT2D eigenvalue weighted by molar-refractivity contribution is 0.0595. The molecule has 0 saturated carbocycles. The highest BCUT2D eigenvalue weighted by atomic mass is 16.5. The van der Waals surface area contributed by atoms with Gasteiger partial charge in [-0.25, -0.2) is 0 Å². The summed E-state index contributed by atoms with van der Waals surface area (Å²) in [5.74, 6) is 0.640. The van der Waals surface area contributed by atoms with Gasteiger partial charge < -0.3 is 10.1 Å². The molecule has 1 fully saturated rings. The first-order valence-corrected chi connectivity index (χ1v) is 6.16. The lowest BCUT2D eigenvalue weighted by Crippen LogP contribution is -2.24. The standard InChI is InChI=1S/C13H17N3O/c1-2-10(9-17-5-1)7-14-12-4-3-11-8-15-16-13(11)6-12/h3-4,6,8,10,14H,1-2,5,7,9H2,(H,15,16). The minimum atomic E-state index is 0.640. The third-order valence-corrected chi connectivity index (χ3v) is 3.29. The monoisotopic (exact) mass is 231 g/mol. The van der Waals surface area contributed by atoms with Crippen molar-refractivity contribution < 1.29 is 4.74 Å². The van der Waals surface area contributed by atoms with Crippen LogP contribution in [0.15, 0.2) is 24.4 Å². The number of benzene rings is 1. The molecule has 2 heterocycles. The number of anilines is 1. The number of hydrogen-bond donors (Lipinski definition) is 2. The Morgan fingerprint density at radius 1 is 1.47 bits per heavy atom. The minimum absolute atomic E-state index is 0.640. The molecule has 0 spiro atoms. The molecule has 2 aromatic rings. The highest BCUT2D eigenvalue weighted by molar-refractivity contribution is 5.81. The number of rotatable bonds is 3. The minimum Gasteiger partial charge on any atom is -0.385 e. The zero-order valence-electron chi connectivity index (χ0n) is 9.78. The van der Waals surface area contributed by atoms with Crippen molar-refractivity contribution in [2.24, 2.45) is 5.92 Å². The van der Waals surface area contributed by atoms with Gasteiger partial charge in [-0.05, 0) is 37.0 Å². The summed E-state index contributed by atoms with van der Waals surface area (Å²) in [6, 6.07) is 6.28. The summed E-state index contributed by atoms with van der Waals surface area (Å²) in [4.78, 5) is 0. The summed E-state index contributed by atoms with van der Waals surface area (Å²) in [6.45, 7) is 2.80. The van der Waals surface area contributed by atoms with E-state index in [9.17, 15) is 0 Å². The number of H-pyrrole nitrogens is 1. The number of nitrogens with one attached hydrogen (secondary N) is 2. The molecule has 0 radical (unpaired) electrons. The maximum atomic E-state index is 5.47. The van der Waals surface area contributed by atoms with Crippen LogP contribution in [0.5, 0.6) is 0 Å². The van der Waals surface area contributed by atoms with Crippen LogP contribution in [-0.4, -0.2) is 30.0 Å². The van der Waals surface area contributed by atoms with E-state index in [0.717, 1.165) is 36.3 Å². The molecule has 1 saturated heterocycles. The summed E-state index contributed by atoms with van der Waals surface area (Å²) < 4.78 is 5.47. The molecule has 0 aliphatic carbocycles. The van der Waals surface area contributed by atoms with E-state index in [2.05, 4.69) is 33.7 Å². The predicted molar refractivity (Wildman–Crippen MR) is 68.1 cm³/mol. The summed E-state index contributed by atoms with van der Waals surface area (Å²) in [5, 5.41) is 11.6. The van der Waals surface area contributed by atoms with Crippen molar-refractivity contribution >= 4 is 16.6 Å². The molecular formula is C13H17N3O. The molecule has 1 atom stereocenters. The summed E-state index contributed by atoms with van der Waals surface area (Å²) >= 11 is 0. The van der Waals surface area contributed by atoms with Crippen molar-refractivity contribution in [2.75, 3.05) is 25.1 Å². The number of hydrogen-bond acceptors (Lipinski definition) is 3. The van der Waals surface area contributed by atoms with Crippen molar-refractivity contribution in [3.63, 3.8) is 0 Å². The van der Waals surface area contributed by atoms with E-state index in [4.69, 9.17) is 4.74 Å². The molecule has 1 unspecified atom stereocenters. The van der Waals surface area contributed by atoms with Gasteiger partial charge in [-0.15, -0.1) is 0 Å². The number of fused-ring (bicyclic) bond motifs is 1. The van der Waals surface area contributed by atoms with Gasteiger partial charge in [-0.1, -0.05) is 0 Å². The van der Waals surface area contributed by atoms with Gasteiger partial charge in [0.05, 0.1) is 18.3 Å². The second-order valence-corrected chi connectivity index (χ2v) is 4.64. The van der Waals surface area contributed by atoms with Gasteiger partial charge in [0.1, 0.15) is 0 Å². The summed E-state index contributed by atoms with van der Waals surface area (Å²) in [6.07, 6.45) is 4.29. The number of aromatic nitrogens is 2. The molecule has 1 aliphatic heterocycles. The fourth-order valence-electron chi connectivity index (χ4n) is 2.28. The van der Waals surface area contributed by atoms with Gasteiger partial charge in [0.15, 0.2) is 0 Å². The topological polar surface area (TPSA) is 49.9 Å². The number of aromatic amines is 1. The third-order valence-electron chi connectivity index (χ3n) is 3.29. The maximum Gasteiger partial charge on any atom is 0.0670 e. The Balaban J connectivity index is 1.63. The van der Waals surface area contributed by atoms with Crippen LogP contribution in [0.25, 0.3) is 10.9 Å². The largest absolute Gasteiger partial charge is 0.385 e. The van der Waals surface area contributed by atoms with Crippen LogP contribution < -0.4 is 5.32 Å². The van der Waals surface area contributed by atoms with Gasteiger partial charge >= 0.3 is 0 Å². The van der Waals surface area contributed by atoms with Crippen molar-refractivity contribution in [3.05, 3.63) is 24.4 Å². The summed E-state index contributed by atoms with van der Waals surface area (Å²) in [7, 11) is 0. The Morgan fingerprint density at radius 2 is 2.47 bits per heavy atom. The van der Waals surface area contributed by atoms with Crippen LogP contribution in [0.1, 0.15) is 12.8 Å². The summed E-state index contributed by atoms with van der Waals surface area (Å²) in [5.41, 5.74) is 2.22. The molecule has 3 rings (SSSR count). The van der Waals surface area contributed by atoms with Crippen LogP contribution in [0.4, 0.5) is 5.69 Å². The molecule has 4 nitrogen and oxygen atoms in total. The first kappa shape index (κ1) is 10.6. The molecule has 4 heteroatoms. The Hall–Kier alpha value is -1.55. The van der Waals surface area contributed by atoms with Crippen LogP contribution >= 0.6 is 0 Å². The fourth-order valence-corrected chi connectivity index (χ4v) is 2.28. The first-order valence-electron chi connectivity index (χ1n) is 6.16. The molecule has 0 amide bonds. The van der Waals surface area contributed by atoms with Crippen LogP contribution in [0.2, 0.25) is 0 Å². The van der Waals surface area contributed by atoms with Crippen LogP contribution in [-0.2, 0) is 4.74 Å². The molecule has 1 aliphatic rings. The van der Waals surface area contributed by atoms with E-state index in [1.54, 1.807) is 0 Å². The molecule has 1 aromatic carbocycles. The molecule has 1 aromatic heterocycles. The van der Waals surface area contributed by atoms with Crippen molar-refractivity contribution in [1.29, 1.82) is 0 Å². The number of nitrogens with zero attached hydrogens (tertiary/aromatic N) is 1. The van der Waals surface area contributed by atoms with Crippen molar-refractivity contribution in [3.8, 4) is 0 Å². The smallest absolute Gasteiger partial charge is 0.0670 e. The Kier molecular flexibility index (Phi) is 2.96. The quantitative estimate of drug-likeness (QED) is 0.852. The van der Waals surface area contributed by atoms with Gasteiger partial charge in [0.25, 0.3) is 0 Å². The zero-order chi connectivity index (χ0) is 11.5. The van der Waals surface area contributed by atoms with E-state index in [1.807, 2.05) is 6.20 Å². The highest BCUT2D eigenvalue weighted by Gasteiger charge is 2.13. The van der Waals surface area contributed by atoms with E-state index < -0.39 is 0 Å². The Morgan fingerprint density at radius 3 is 3.35 bits per heavy atom. The van der Waals surface area contributed by atoms with Crippen molar-refractivity contribution in [2.45, 2.75) is 12.8 Å². The Bertz CT molecular complexity index is 488. The second-order valence-electron chi connectivity index (χ2n) is 4.64. The van der Waals surface area contributed by atoms with Gasteiger partial charge in [-0.3, -0.25) is 5.10 Å². The average Bonchev–Trinajstić information content (AvgIpc) is 2.85. The first-order chi connectivity index (χ1) is 8.42. The number of ether oxygens (including phenoxy) is 1. The maximum absolute atomic E-state index is 5.47. The second kappa shape index (κ2) is 4.75. The van der Waals surface area contributed by atoms with E-state index in [0.29, 0.717) is 5.92 Å². The molecule has 17 heavy (non-hydrogen) atoms. The van der Waals surface area contributed by atoms with Gasteiger partial charge in [0.2, 0.25) is 0 Å². The van der Waals surface area contributed by atoms with Crippen LogP contribution in [0.3, 0.4) is 0 Å². The van der Waals surface area contributed by atoms with Crippen LogP contribution in [0, 0.1) is 5.92 Å². The van der Waals surface area contributed by atoms with Crippen molar-refractivity contribution in [1.82, 2.24) is 10.2 Å². The fraction of sp³-hybridized carbons (Fsp3) is 0.462. The molecule has 0 bridgehead atoms. The average molecular weight is 231 g/mol. The zero-order valence-corrected chi connectivity index (χ0v) is 9.78. The van der Waals surface area contributed by atoms with E-state index in [-0.39, 0.29) is 0 Å². The van der Waals surface area contributed by atoms with E-state index >= 15 is 0 Å². The van der Waals surface area contributed by atoms with E-state index in [1.165, 1.54) is 12.8 Å². The molecule has 90 valence electrons. The highest BCUT2D eigenvalue weighted by Crippen LogP contribution is 2.18. The third kappa shape index (κ3) is 2.42. The lowest BCUT2D eigenvalue weighted by Gasteiger charge is -2.22. The predicted octanol–water partition coefficient (Wildman–Crippen LogP) is 2.40. The molecule has 2 N–H and O–H groups in total. The SMILES string of the molecule is c1cc2cn[nH]c2cc1NCC1CCCOC1.